The average Bonchev–Trinajstić information content (AvgIpc) is 3.25. The molecule has 0 fully saturated rings. The smallest absolute Gasteiger partial charge is 0.221 e. The number of hydrogen-bond acceptors (Lipinski definition) is 6. The fraction of sp³-hybridized carbons (Fsp3) is 0.200. The lowest BCUT2D eigenvalue weighted by Gasteiger charge is -2.22. The number of imidazole rings is 1. The number of nitrogen functional groups attached to an aromatic ring is 1. The van der Waals surface area contributed by atoms with Crippen molar-refractivity contribution in [3.63, 3.8) is 0 Å². The van der Waals surface area contributed by atoms with Gasteiger partial charge >= 0.3 is 0 Å². The highest BCUT2D eigenvalue weighted by molar-refractivity contribution is 5.83. The molecule has 0 saturated heterocycles. The zero-order chi connectivity index (χ0) is 19.9. The van der Waals surface area contributed by atoms with Crippen molar-refractivity contribution in [2.75, 3.05) is 5.73 Å². The van der Waals surface area contributed by atoms with Crippen LogP contribution in [0.2, 0.25) is 0 Å². The van der Waals surface area contributed by atoms with Gasteiger partial charge in [-0.25, -0.2) is 14.6 Å². The number of anilines is 1. The molecule has 0 aliphatic carbocycles. The van der Waals surface area contributed by atoms with E-state index in [1.165, 1.54) is 0 Å². The van der Waals surface area contributed by atoms with Crippen molar-refractivity contribution in [2.24, 2.45) is 7.05 Å². The van der Waals surface area contributed by atoms with Crippen LogP contribution < -0.4 is 5.73 Å². The summed E-state index contributed by atoms with van der Waals surface area (Å²) in [4.78, 5) is 12.4. The number of fused-ring (bicyclic) bond motifs is 1. The van der Waals surface area contributed by atoms with Crippen molar-refractivity contribution < 1.29 is 5.11 Å². The van der Waals surface area contributed by atoms with Crippen LogP contribution >= 0.6 is 0 Å². The first-order valence-corrected chi connectivity index (χ1v) is 8.66. The third-order valence-electron chi connectivity index (χ3n) is 4.70. The number of aryl methyl sites for hydroxylation is 2. The van der Waals surface area contributed by atoms with Gasteiger partial charge in [0.2, 0.25) is 5.95 Å². The molecule has 0 radical (unpaired) electrons. The van der Waals surface area contributed by atoms with Gasteiger partial charge in [0.1, 0.15) is 0 Å². The van der Waals surface area contributed by atoms with Crippen LogP contribution in [0.4, 0.5) is 5.95 Å². The summed E-state index contributed by atoms with van der Waals surface area (Å²) in [5.74, 6) is 3.65. The van der Waals surface area contributed by atoms with Crippen LogP contribution in [0.3, 0.4) is 0 Å². The largest absolute Gasteiger partial charge is 0.370 e. The molecule has 3 heterocycles. The minimum Gasteiger partial charge on any atom is -0.370 e. The van der Waals surface area contributed by atoms with Crippen LogP contribution in [0.1, 0.15) is 17.1 Å². The van der Waals surface area contributed by atoms with E-state index in [-0.39, 0.29) is 12.4 Å². The van der Waals surface area contributed by atoms with Gasteiger partial charge in [0.05, 0.1) is 11.2 Å². The summed E-state index contributed by atoms with van der Waals surface area (Å²) in [6.07, 6.45) is 10.8. The number of nitrogens with zero attached hydrogens (tertiary/aromatic N) is 6. The molecule has 8 heteroatoms. The zero-order valence-corrected chi connectivity index (χ0v) is 15.5. The highest BCUT2D eigenvalue weighted by atomic mass is 16.3. The molecule has 0 spiro atoms. The molecule has 3 N–H and O–H groups in total. The average molecular weight is 373 g/mol. The fourth-order valence-corrected chi connectivity index (χ4v) is 3.34. The molecule has 1 unspecified atom stereocenters. The van der Waals surface area contributed by atoms with E-state index in [1.807, 2.05) is 25.1 Å². The minimum atomic E-state index is -1.52. The van der Waals surface area contributed by atoms with Crippen LogP contribution in [0.25, 0.3) is 16.7 Å². The maximum Gasteiger partial charge on any atom is 0.221 e. The van der Waals surface area contributed by atoms with Crippen molar-refractivity contribution >= 4 is 16.9 Å². The Kier molecular flexibility index (Phi) is 4.09. The first kappa shape index (κ1) is 17.7. The molecule has 0 amide bonds. The standard InChI is InChI=1S/C20H19N7O/c1-4-20(28,18-22-9-10-26(18)3)12-14-5-6-15-13(2)25-27(16(15)11-14)17-7-8-23-19(21)24-17/h1,5-11,28H,12H2,2-3H3,(H2,21,23,24). The van der Waals surface area contributed by atoms with Crippen molar-refractivity contribution in [1.82, 2.24) is 29.3 Å². The lowest BCUT2D eigenvalue weighted by molar-refractivity contribution is 0.0880. The predicted molar refractivity (Wildman–Crippen MR) is 105 cm³/mol. The van der Waals surface area contributed by atoms with E-state index in [0.717, 1.165) is 22.2 Å². The van der Waals surface area contributed by atoms with Crippen LogP contribution in [0, 0.1) is 19.3 Å². The Bertz CT molecular complexity index is 1220. The lowest BCUT2D eigenvalue weighted by atomic mass is 9.93. The third-order valence-corrected chi connectivity index (χ3v) is 4.70. The molecular weight excluding hydrogens is 354 g/mol. The highest BCUT2D eigenvalue weighted by Gasteiger charge is 2.31. The zero-order valence-electron chi connectivity index (χ0n) is 15.5. The molecule has 1 aromatic carbocycles. The van der Waals surface area contributed by atoms with Gasteiger partial charge in [-0.3, -0.25) is 0 Å². The molecule has 1 atom stereocenters. The number of benzene rings is 1. The summed E-state index contributed by atoms with van der Waals surface area (Å²) < 4.78 is 3.43. The Hall–Kier alpha value is -3.70. The number of rotatable bonds is 4. The molecule has 0 aliphatic heterocycles. The summed E-state index contributed by atoms with van der Waals surface area (Å²) >= 11 is 0. The third kappa shape index (κ3) is 2.88. The van der Waals surface area contributed by atoms with Gasteiger partial charge in [0.25, 0.3) is 0 Å². The van der Waals surface area contributed by atoms with E-state index in [1.54, 1.807) is 41.0 Å². The van der Waals surface area contributed by atoms with Gasteiger partial charge in [-0.05, 0) is 18.6 Å². The lowest BCUT2D eigenvalue weighted by Crippen LogP contribution is -2.30. The SMILES string of the molecule is C#CC(O)(Cc1ccc2c(C)nn(-c3ccnc(N)n3)c2c1)c1nccn1C. The van der Waals surface area contributed by atoms with Gasteiger partial charge in [0, 0.05) is 43.5 Å². The Morgan fingerprint density at radius 1 is 1.25 bits per heavy atom. The summed E-state index contributed by atoms with van der Waals surface area (Å²) in [5, 5.41) is 16.6. The van der Waals surface area contributed by atoms with Gasteiger partial charge in [-0.15, -0.1) is 6.42 Å². The summed E-state index contributed by atoms with van der Waals surface area (Å²) in [6.45, 7) is 1.93. The Labute approximate surface area is 161 Å². The molecular formula is C20H19N7O. The van der Waals surface area contributed by atoms with Crippen molar-refractivity contribution in [3.8, 4) is 18.2 Å². The van der Waals surface area contributed by atoms with Crippen LogP contribution in [0.5, 0.6) is 0 Å². The van der Waals surface area contributed by atoms with E-state index in [0.29, 0.717) is 11.6 Å². The normalized spacial score (nSPS) is 13.4. The van der Waals surface area contributed by atoms with Crippen LogP contribution in [-0.2, 0) is 19.1 Å². The van der Waals surface area contributed by atoms with Crippen LogP contribution in [-0.4, -0.2) is 34.4 Å². The number of aromatic nitrogens is 6. The van der Waals surface area contributed by atoms with Gasteiger partial charge in [-0.2, -0.15) is 10.1 Å². The van der Waals surface area contributed by atoms with E-state index >= 15 is 0 Å². The number of hydrogen-bond donors (Lipinski definition) is 2. The monoisotopic (exact) mass is 373 g/mol. The van der Waals surface area contributed by atoms with Crippen molar-refractivity contribution in [1.29, 1.82) is 0 Å². The van der Waals surface area contributed by atoms with Gasteiger partial charge in [-0.1, -0.05) is 18.1 Å². The van der Waals surface area contributed by atoms with Crippen molar-refractivity contribution in [3.05, 3.63) is 59.9 Å². The van der Waals surface area contributed by atoms with Gasteiger partial charge in [0.15, 0.2) is 17.2 Å². The van der Waals surface area contributed by atoms with Crippen LogP contribution in [0.15, 0.2) is 42.9 Å². The Morgan fingerprint density at radius 3 is 2.75 bits per heavy atom. The summed E-state index contributed by atoms with van der Waals surface area (Å²) in [6, 6.07) is 7.57. The molecule has 4 aromatic rings. The first-order valence-electron chi connectivity index (χ1n) is 8.66. The molecule has 140 valence electrons. The van der Waals surface area contributed by atoms with E-state index < -0.39 is 5.60 Å². The Balaban J connectivity index is 1.81. The molecule has 28 heavy (non-hydrogen) atoms. The van der Waals surface area contributed by atoms with E-state index in [4.69, 9.17) is 12.2 Å². The topological polar surface area (TPSA) is 108 Å². The first-order chi connectivity index (χ1) is 13.4. The molecule has 0 bridgehead atoms. The number of nitrogens with two attached hydrogens (primary N) is 1. The number of terminal acetylenes is 1. The fourth-order valence-electron chi connectivity index (χ4n) is 3.34. The molecule has 4 rings (SSSR count). The molecule has 0 aliphatic rings. The Morgan fingerprint density at radius 2 is 2.07 bits per heavy atom. The maximum atomic E-state index is 11.0. The second-order valence-electron chi connectivity index (χ2n) is 6.66. The predicted octanol–water partition coefficient (Wildman–Crippen LogP) is 1.50. The molecule has 8 nitrogen and oxygen atoms in total. The second-order valence-corrected chi connectivity index (χ2v) is 6.66. The highest BCUT2D eigenvalue weighted by Crippen LogP contribution is 2.27. The number of aliphatic hydroxyl groups is 1. The molecule has 3 aromatic heterocycles. The molecule has 0 saturated carbocycles. The summed E-state index contributed by atoms with van der Waals surface area (Å²) in [5.41, 5.74) is 6.74. The van der Waals surface area contributed by atoms with Gasteiger partial charge < -0.3 is 15.4 Å². The maximum absolute atomic E-state index is 11.0. The minimum absolute atomic E-state index is 0.173. The van der Waals surface area contributed by atoms with E-state index in [2.05, 4.69) is 26.0 Å². The van der Waals surface area contributed by atoms with Crippen molar-refractivity contribution in [2.45, 2.75) is 18.9 Å². The second kappa shape index (κ2) is 6.48. The quantitative estimate of drug-likeness (QED) is 0.525. The summed E-state index contributed by atoms with van der Waals surface area (Å²) in [7, 11) is 1.80. The van der Waals surface area contributed by atoms with E-state index in [9.17, 15) is 5.11 Å².